The smallest absolute Gasteiger partial charge is 0.238 e. The van der Waals surface area contributed by atoms with Gasteiger partial charge in [0, 0.05) is 12.2 Å². The summed E-state index contributed by atoms with van der Waals surface area (Å²) in [7, 11) is -3.62. The summed E-state index contributed by atoms with van der Waals surface area (Å²) >= 11 is 0. The Morgan fingerprint density at radius 1 is 1.33 bits per heavy atom. The zero-order chi connectivity index (χ0) is 11.6. The molecule has 0 aromatic heterocycles. The van der Waals surface area contributed by atoms with Crippen molar-refractivity contribution in [2.75, 3.05) is 11.9 Å². The summed E-state index contributed by atoms with van der Waals surface area (Å²) in [6, 6.07) is 3.16. The second kappa shape index (κ2) is 4.20. The van der Waals surface area contributed by atoms with E-state index in [-0.39, 0.29) is 4.90 Å². The van der Waals surface area contributed by atoms with Crippen LogP contribution in [0.3, 0.4) is 0 Å². The summed E-state index contributed by atoms with van der Waals surface area (Å²) < 4.78 is 22.4. The number of hydrogen-bond donors (Lipinski definition) is 2. The van der Waals surface area contributed by atoms with Gasteiger partial charge in [-0.15, -0.1) is 0 Å². The number of benzene rings is 1. The molecule has 0 radical (unpaired) electrons. The molecule has 0 aliphatic carbocycles. The molecule has 1 rings (SSSR count). The Kier molecular flexibility index (Phi) is 3.36. The van der Waals surface area contributed by atoms with Crippen molar-refractivity contribution >= 4 is 15.7 Å². The van der Waals surface area contributed by atoms with Crippen LogP contribution in [0.15, 0.2) is 17.0 Å². The van der Waals surface area contributed by atoms with Crippen molar-refractivity contribution in [3.63, 3.8) is 0 Å². The molecule has 0 bridgehead atoms. The summed E-state index contributed by atoms with van der Waals surface area (Å²) in [6.45, 7) is 6.51. The molecule has 0 saturated carbocycles. The molecular weight excluding hydrogens is 212 g/mol. The molecule has 5 heteroatoms. The highest BCUT2D eigenvalue weighted by molar-refractivity contribution is 7.89. The molecule has 84 valence electrons. The molecule has 0 heterocycles. The highest BCUT2D eigenvalue weighted by Gasteiger charge is 2.11. The second-order valence-electron chi connectivity index (χ2n) is 3.49. The molecule has 0 amide bonds. The summed E-state index contributed by atoms with van der Waals surface area (Å²) in [6.07, 6.45) is 0. The maximum atomic E-state index is 11.2. The Morgan fingerprint density at radius 3 is 2.40 bits per heavy atom. The van der Waals surface area contributed by atoms with E-state index in [1.807, 2.05) is 20.8 Å². The Balaban J connectivity index is 3.36. The summed E-state index contributed by atoms with van der Waals surface area (Å²) in [5, 5.41) is 8.19. The summed E-state index contributed by atoms with van der Waals surface area (Å²) in [5.41, 5.74) is 2.78. The van der Waals surface area contributed by atoms with Gasteiger partial charge in [0.05, 0.1) is 4.90 Å². The Bertz CT molecular complexity index is 467. The van der Waals surface area contributed by atoms with Crippen molar-refractivity contribution in [1.82, 2.24) is 0 Å². The molecule has 0 spiro atoms. The maximum absolute atomic E-state index is 11.2. The molecule has 0 atom stereocenters. The van der Waals surface area contributed by atoms with Crippen LogP contribution < -0.4 is 10.5 Å². The van der Waals surface area contributed by atoms with E-state index >= 15 is 0 Å². The van der Waals surface area contributed by atoms with E-state index in [4.69, 9.17) is 5.14 Å². The van der Waals surface area contributed by atoms with Gasteiger partial charge in [0.1, 0.15) is 0 Å². The molecular formula is C10H16N2O2S. The predicted molar refractivity (Wildman–Crippen MR) is 61.5 cm³/mol. The van der Waals surface area contributed by atoms with Crippen molar-refractivity contribution in [1.29, 1.82) is 0 Å². The monoisotopic (exact) mass is 228 g/mol. The third-order valence-corrected chi connectivity index (χ3v) is 3.23. The first-order valence-electron chi connectivity index (χ1n) is 4.74. The zero-order valence-corrected chi connectivity index (χ0v) is 9.98. The van der Waals surface area contributed by atoms with Gasteiger partial charge in [-0.2, -0.15) is 0 Å². The minimum absolute atomic E-state index is 0.154. The number of nitrogens with one attached hydrogen (secondary N) is 1. The van der Waals surface area contributed by atoms with Crippen LogP contribution in [0.1, 0.15) is 18.1 Å². The first kappa shape index (κ1) is 12.0. The van der Waals surface area contributed by atoms with Crippen molar-refractivity contribution < 1.29 is 8.42 Å². The van der Waals surface area contributed by atoms with Gasteiger partial charge in [-0.1, -0.05) is 0 Å². The lowest BCUT2D eigenvalue weighted by Crippen LogP contribution is -2.13. The van der Waals surface area contributed by atoms with E-state index in [1.54, 1.807) is 12.1 Å². The molecule has 15 heavy (non-hydrogen) atoms. The van der Waals surface area contributed by atoms with E-state index in [0.717, 1.165) is 23.4 Å². The number of sulfonamides is 1. The lowest BCUT2D eigenvalue weighted by atomic mass is 10.1. The van der Waals surface area contributed by atoms with Gasteiger partial charge < -0.3 is 5.32 Å². The first-order valence-corrected chi connectivity index (χ1v) is 6.28. The standard InChI is InChI=1S/C10H16N2O2S/c1-4-12-10-6-9(15(11,13)14)5-7(2)8(10)3/h5-6,12H,4H2,1-3H3,(H2,11,13,14). The van der Waals surface area contributed by atoms with Gasteiger partial charge in [0.2, 0.25) is 10.0 Å². The largest absolute Gasteiger partial charge is 0.385 e. The molecule has 1 aromatic carbocycles. The van der Waals surface area contributed by atoms with Crippen LogP contribution in [-0.2, 0) is 10.0 Å². The van der Waals surface area contributed by atoms with E-state index in [2.05, 4.69) is 5.32 Å². The van der Waals surface area contributed by atoms with Crippen LogP contribution in [0, 0.1) is 13.8 Å². The van der Waals surface area contributed by atoms with Gasteiger partial charge in [0.25, 0.3) is 0 Å². The molecule has 0 saturated heterocycles. The van der Waals surface area contributed by atoms with Crippen molar-refractivity contribution in [3.8, 4) is 0 Å². The SMILES string of the molecule is CCNc1cc(S(N)(=O)=O)cc(C)c1C. The fraction of sp³-hybridized carbons (Fsp3) is 0.400. The number of rotatable bonds is 3. The molecule has 4 nitrogen and oxygen atoms in total. The van der Waals surface area contributed by atoms with Crippen molar-refractivity contribution in [2.24, 2.45) is 5.14 Å². The number of anilines is 1. The fourth-order valence-electron chi connectivity index (χ4n) is 1.36. The van der Waals surface area contributed by atoms with Gasteiger partial charge in [-0.25, -0.2) is 13.6 Å². The van der Waals surface area contributed by atoms with Crippen LogP contribution in [0.5, 0.6) is 0 Å². The Labute approximate surface area is 90.5 Å². The minimum Gasteiger partial charge on any atom is -0.385 e. The van der Waals surface area contributed by atoms with Crippen LogP contribution in [0.2, 0.25) is 0 Å². The topological polar surface area (TPSA) is 72.2 Å². The van der Waals surface area contributed by atoms with Crippen molar-refractivity contribution in [3.05, 3.63) is 23.3 Å². The minimum atomic E-state index is -3.62. The van der Waals surface area contributed by atoms with Crippen LogP contribution in [0.25, 0.3) is 0 Å². The molecule has 0 aliphatic heterocycles. The average molecular weight is 228 g/mol. The normalized spacial score (nSPS) is 11.5. The number of nitrogens with two attached hydrogens (primary N) is 1. The number of primary sulfonamides is 1. The first-order chi connectivity index (χ1) is 6.86. The molecule has 3 N–H and O–H groups in total. The average Bonchev–Trinajstić information content (AvgIpc) is 2.11. The zero-order valence-electron chi connectivity index (χ0n) is 9.16. The van der Waals surface area contributed by atoms with Gasteiger partial charge >= 0.3 is 0 Å². The molecule has 1 aromatic rings. The van der Waals surface area contributed by atoms with E-state index < -0.39 is 10.0 Å². The summed E-state index contributed by atoms with van der Waals surface area (Å²) in [4.78, 5) is 0.154. The van der Waals surface area contributed by atoms with E-state index in [1.165, 1.54) is 0 Å². The van der Waals surface area contributed by atoms with Crippen LogP contribution in [-0.4, -0.2) is 15.0 Å². The number of aryl methyl sites for hydroxylation is 1. The maximum Gasteiger partial charge on any atom is 0.238 e. The van der Waals surface area contributed by atoms with E-state index in [9.17, 15) is 8.42 Å². The second-order valence-corrected chi connectivity index (χ2v) is 5.05. The van der Waals surface area contributed by atoms with Crippen molar-refractivity contribution in [2.45, 2.75) is 25.7 Å². The third kappa shape index (κ3) is 2.70. The van der Waals surface area contributed by atoms with Gasteiger partial charge in [0.15, 0.2) is 0 Å². The quantitative estimate of drug-likeness (QED) is 0.821. The lowest BCUT2D eigenvalue weighted by molar-refractivity contribution is 0.597. The molecule has 0 aliphatic rings. The Morgan fingerprint density at radius 2 is 1.93 bits per heavy atom. The van der Waals surface area contributed by atoms with Gasteiger partial charge in [-0.3, -0.25) is 0 Å². The lowest BCUT2D eigenvalue weighted by Gasteiger charge is -2.12. The van der Waals surface area contributed by atoms with Crippen LogP contribution >= 0.6 is 0 Å². The predicted octanol–water partition coefficient (Wildman–Crippen LogP) is 1.38. The number of hydrogen-bond acceptors (Lipinski definition) is 3. The van der Waals surface area contributed by atoms with Crippen LogP contribution in [0.4, 0.5) is 5.69 Å². The van der Waals surface area contributed by atoms with E-state index in [0.29, 0.717) is 0 Å². The highest BCUT2D eigenvalue weighted by Crippen LogP contribution is 2.23. The highest BCUT2D eigenvalue weighted by atomic mass is 32.2. The molecule has 0 fully saturated rings. The summed E-state index contributed by atoms with van der Waals surface area (Å²) in [5.74, 6) is 0. The third-order valence-electron chi connectivity index (χ3n) is 2.34. The fourth-order valence-corrected chi connectivity index (χ4v) is 1.99. The van der Waals surface area contributed by atoms with Gasteiger partial charge in [-0.05, 0) is 44.0 Å². The Hall–Kier alpha value is -1.07. The molecule has 0 unspecified atom stereocenters.